The minimum absolute atomic E-state index is 0.554. The summed E-state index contributed by atoms with van der Waals surface area (Å²) >= 11 is 0. The van der Waals surface area contributed by atoms with E-state index in [0.717, 1.165) is 19.4 Å². The van der Waals surface area contributed by atoms with Crippen molar-refractivity contribution in [2.75, 3.05) is 19.3 Å². The molecule has 1 aliphatic heterocycles. The predicted octanol–water partition coefficient (Wildman–Crippen LogP) is -0.0536. The average Bonchev–Trinajstić information content (AvgIpc) is 1.88. The molecule has 1 fully saturated rings. The third kappa shape index (κ3) is 1.95. The van der Waals surface area contributed by atoms with Crippen molar-refractivity contribution >= 4 is 9.84 Å². The lowest BCUT2D eigenvalue weighted by Gasteiger charge is -2.19. The molecular weight excluding hydrogens is 150 g/mol. The third-order valence-electron chi connectivity index (χ3n) is 1.66. The van der Waals surface area contributed by atoms with Crippen LogP contribution in [0.15, 0.2) is 0 Å². The molecule has 3 nitrogen and oxygen atoms in total. The van der Waals surface area contributed by atoms with Gasteiger partial charge in [0, 0.05) is 12.8 Å². The summed E-state index contributed by atoms with van der Waals surface area (Å²) in [6.45, 7) is 1.50. The largest absolute Gasteiger partial charge is 0.315 e. The number of piperidine rings is 1. The third-order valence-corrected chi connectivity index (χ3v) is 3.05. The highest BCUT2D eigenvalue weighted by atomic mass is 32.2. The lowest BCUT2D eigenvalue weighted by atomic mass is 10.2. The average molecular weight is 162 g/mol. The highest BCUT2D eigenvalue weighted by Crippen LogP contribution is 2.17. The summed E-state index contributed by atoms with van der Waals surface area (Å²) in [4.78, 5) is 0. The molecule has 1 N–H and O–H groups in total. The Morgan fingerprint density at radius 3 is 2.50 bits per heavy atom. The fourth-order valence-corrected chi connectivity index (χ4v) is 1.92. The minimum atomic E-state index is -2.87. The molecule has 0 aliphatic carbocycles. The van der Waals surface area contributed by atoms with E-state index in [-0.39, 0.29) is 0 Å². The molecule has 0 amide bonds. The summed E-state index contributed by atoms with van der Waals surface area (Å²) in [5.74, 6) is 0. The second-order valence-corrected chi connectivity index (χ2v) is 4.71. The summed E-state index contributed by atoms with van der Waals surface area (Å²) in [5, 5.41) is 3.68. The van der Waals surface area contributed by atoms with E-state index in [9.17, 15) is 8.42 Å². The molecule has 0 aromatic rings. The number of hydrogen-bond acceptors (Lipinski definition) is 3. The molecule has 10 heavy (non-hydrogen) atoms. The molecule has 0 bridgehead atoms. The van der Waals surface area contributed by atoms with E-state index in [2.05, 4.69) is 5.32 Å². The zero-order chi connectivity index (χ0) is 7.61. The van der Waals surface area contributed by atoms with Crippen LogP contribution in [-0.2, 0) is 9.84 Å². The molecule has 0 saturated carbocycles. The van der Waals surface area contributed by atoms with Gasteiger partial charge in [-0.25, -0.2) is 8.42 Å². The van der Waals surface area contributed by atoms with Gasteiger partial charge in [-0.2, -0.15) is 0 Å². The Bertz CT molecular complexity index is 192. The summed E-state index contributed by atoms with van der Waals surface area (Å²) in [6, 6.07) is 0. The Labute approximate surface area is 61.7 Å². The molecule has 1 radical (unpaired) electrons. The molecule has 1 heterocycles. The van der Waals surface area contributed by atoms with E-state index >= 15 is 0 Å². The maximum absolute atomic E-state index is 10.9. The first-order chi connectivity index (χ1) is 4.61. The Hall–Kier alpha value is -0.0900. The molecule has 59 valence electrons. The molecule has 0 atom stereocenters. The molecule has 0 aromatic carbocycles. The first-order valence-corrected chi connectivity index (χ1v) is 5.25. The van der Waals surface area contributed by atoms with Crippen LogP contribution in [0.1, 0.15) is 12.8 Å². The molecule has 4 heteroatoms. The van der Waals surface area contributed by atoms with Crippen molar-refractivity contribution in [3.8, 4) is 0 Å². The topological polar surface area (TPSA) is 46.2 Å². The molecule has 0 spiro atoms. The predicted molar refractivity (Wildman–Crippen MR) is 40.2 cm³/mol. The lowest BCUT2D eigenvalue weighted by molar-refractivity contribution is 0.552. The van der Waals surface area contributed by atoms with Crippen LogP contribution in [0.5, 0.6) is 0 Å². The van der Waals surface area contributed by atoms with Gasteiger partial charge in [0.25, 0.3) is 0 Å². The van der Waals surface area contributed by atoms with Gasteiger partial charge < -0.3 is 5.32 Å². The number of hydrogen-bond donors (Lipinski definition) is 1. The van der Waals surface area contributed by atoms with Gasteiger partial charge in [0.1, 0.15) is 5.25 Å². The zero-order valence-electron chi connectivity index (χ0n) is 6.05. The van der Waals surface area contributed by atoms with Gasteiger partial charge in [0.05, 0.1) is 0 Å². The summed E-state index contributed by atoms with van der Waals surface area (Å²) < 4.78 is 21.8. The Kier molecular flexibility index (Phi) is 2.31. The molecule has 1 rings (SSSR count). The minimum Gasteiger partial charge on any atom is -0.315 e. The van der Waals surface area contributed by atoms with Crippen molar-refractivity contribution in [3.05, 3.63) is 5.25 Å². The number of rotatable bonds is 1. The SMILES string of the molecule is CS(=O)(=O)[C]1CCCNC1. The number of sulfone groups is 1. The first-order valence-electron chi connectivity index (χ1n) is 3.36. The summed E-state index contributed by atoms with van der Waals surface area (Å²) in [7, 11) is -2.87. The smallest absolute Gasteiger partial charge is 0.156 e. The highest BCUT2D eigenvalue weighted by molar-refractivity contribution is 7.93. The lowest BCUT2D eigenvalue weighted by Crippen LogP contribution is -2.32. The van der Waals surface area contributed by atoms with Crippen molar-refractivity contribution in [1.29, 1.82) is 0 Å². The fraction of sp³-hybridized carbons (Fsp3) is 0.833. The molecule has 1 saturated heterocycles. The van der Waals surface area contributed by atoms with Crippen LogP contribution < -0.4 is 5.32 Å². The highest BCUT2D eigenvalue weighted by Gasteiger charge is 2.23. The Morgan fingerprint density at radius 2 is 2.20 bits per heavy atom. The van der Waals surface area contributed by atoms with Crippen molar-refractivity contribution in [1.82, 2.24) is 5.32 Å². The van der Waals surface area contributed by atoms with Crippen LogP contribution >= 0.6 is 0 Å². The van der Waals surface area contributed by atoms with Gasteiger partial charge in [0.2, 0.25) is 0 Å². The van der Waals surface area contributed by atoms with Gasteiger partial charge in [-0.3, -0.25) is 0 Å². The summed E-state index contributed by atoms with van der Waals surface area (Å²) in [6.07, 6.45) is 2.96. The number of nitrogens with one attached hydrogen (secondary N) is 1. The van der Waals surface area contributed by atoms with Gasteiger partial charge >= 0.3 is 0 Å². The van der Waals surface area contributed by atoms with E-state index in [1.54, 1.807) is 0 Å². The van der Waals surface area contributed by atoms with Crippen LogP contribution in [0.25, 0.3) is 0 Å². The van der Waals surface area contributed by atoms with Crippen LogP contribution in [-0.4, -0.2) is 27.8 Å². The molecule has 0 aromatic heterocycles. The van der Waals surface area contributed by atoms with Gasteiger partial charge in [-0.05, 0) is 19.4 Å². The van der Waals surface area contributed by atoms with Gasteiger partial charge in [-0.1, -0.05) is 0 Å². The van der Waals surface area contributed by atoms with E-state index in [0.29, 0.717) is 11.8 Å². The molecule has 0 unspecified atom stereocenters. The van der Waals surface area contributed by atoms with Gasteiger partial charge in [-0.15, -0.1) is 0 Å². The maximum Gasteiger partial charge on any atom is 0.156 e. The van der Waals surface area contributed by atoms with Crippen molar-refractivity contribution in [2.45, 2.75) is 12.8 Å². The van der Waals surface area contributed by atoms with E-state index in [1.165, 1.54) is 6.26 Å². The van der Waals surface area contributed by atoms with E-state index in [1.807, 2.05) is 0 Å². The summed E-state index contributed by atoms with van der Waals surface area (Å²) in [5.41, 5.74) is 0. The fourth-order valence-electron chi connectivity index (χ4n) is 1.04. The molecular formula is C6H12NO2S. The second-order valence-electron chi connectivity index (χ2n) is 2.59. The van der Waals surface area contributed by atoms with Gasteiger partial charge in [0.15, 0.2) is 9.84 Å². The maximum atomic E-state index is 10.9. The normalized spacial score (nSPS) is 22.9. The van der Waals surface area contributed by atoms with E-state index in [4.69, 9.17) is 0 Å². The van der Waals surface area contributed by atoms with Crippen molar-refractivity contribution in [3.63, 3.8) is 0 Å². The van der Waals surface area contributed by atoms with Crippen molar-refractivity contribution < 1.29 is 8.42 Å². The van der Waals surface area contributed by atoms with Crippen LogP contribution in [0.4, 0.5) is 0 Å². The van der Waals surface area contributed by atoms with Crippen molar-refractivity contribution in [2.24, 2.45) is 0 Å². The quantitative estimate of drug-likeness (QED) is 0.588. The Balaban J connectivity index is 2.56. The standard InChI is InChI=1S/C6H12NO2S/c1-10(8,9)6-3-2-4-7-5-6/h7H,2-5H2,1H3. The van der Waals surface area contributed by atoms with Crippen LogP contribution in [0, 0.1) is 5.25 Å². The van der Waals surface area contributed by atoms with Crippen LogP contribution in [0.2, 0.25) is 0 Å². The first kappa shape index (κ1) is 8.01. The molecule has 1 aliphatic rings. The van der Waals surface area contributed by atoms with E-state index < -0.39 is 9.84 Å². The second kappa shape index (κ2) is 2.88. The zero-order valence-corrected chi connectivity index (χ0v) is 6.87. The monoisotopic (exact) mass is 162 g/mol. The Morgan fingerprint density at radius 1 is 1.50 bits per heavy atom. The van der Waals surface area contributed by atoms with Crippen LogP contribution in [0.3, 0.4) is 0 Å².